The van der Waals surface area contributed by atoms with E-state index < -0.39 is 0 Å². The first-order chi connectivity index (χ1) is 29.5. The quantitative estimate of drug-likeness (QED) is 0.167. The number of hydrogen-bond acceptors (Lipinski definition) is 3. The molecule has 2 heterocycles. The van der Waals surface area contributed by atoms with Crippen LogP contribution < -0.4 is 4.90 Å². The van der Waals surface area contributed by atoms with E-state index >= 15 is 0 Å². The minimum Gasteiger partial charge on any atom is -0.456 e. The fourth-order valence-corrected chi connectivity index (χ4v) is 10.9. The standard InChI is InChI=1S/C57H39NOS/c1-57(2)47-19-9-6-15-43(47)44-32-31-41(35-48(44)57)58(40-29-27-38(28-30-40)42-18-12-21-51-55(42)45-16-7-10-20-50(45)59-51)49-33-34-53-56(46-17-8-11-22-52(46)60-53)54(49)39-25-23-37(24-26-39)36-13-4-3-5-14-36/h3-35H,1-2H3. The molecule has 0 saturated carbocycles. The van der Waals surface area contributed by atoms with Crippen molar-refractivity contribution in [2.75, 3.05) is 4.90 Å². The van der Waals surface area contributed by atoms with Crippen LogP contribution in [0.25, 0.3) is 86.6 Å². The molecule has 2 aromatic heterocycles. The normalized spacial score (nSPS) is 13.0. The number of para-hydroxylation sites is 1. The minimum absolute atomic E-state index is 0.146. The van der Waals surface area contributed by atoms with Crippen molar-refractivity contribution in [3.05, 3.63) is 211 Å². The fourth-order valence-electron chi connectivity index (χ4n) is 9.81. The molecule has 3 heteroatoms. The van der Waals surface area contributed by atoms with Crippen LogP contribution in [0.1, 0.15) is 25.0 Å². The number of rotatable bonds is 6. The molecule has 0 fully saturated rings. The molecular weight excluding hydrogens is 747 g/mol. The molecule has 11 aromatic rings. The lowest BCUT2D eigenvalue weighted by Gasteiger charge is -2.30. The molecule has 0 atom stereocenters. The van der Waals surface area contributed by atoms with Crippen LogP contribution in [-0.2, 0) is 5.41 Å². The molecule has 12 rings (SSSR count). The average Bonchev–Trinajstić information content (AvgIpc) is 3.95. The summed E-state index contributed by atoms with van der Waals surface area (Å²) in [7, 11) is 0. The molecule has 0 bridgehead atoms. The van der Waals surface area contributed by atoms with Gasteiger partial charge in [-0.2, -0.15) is 0 Å². The SMILES string of the molecule is CC1(C)c2ccccc2-c2ccc(N(c3ccc(-c4cccc5oc6ccccc6c45)cc3)c3ccc4sc5ccccc5c4c3-c3ccc(-c4ccccc4)cc3)cc21. The molecule has 0 radical (unpaired) electrons. The first-order valence-corrected chi connectivity index (χ1v) is 21.5. The van der Waals surface area contributed by atoms with Gasteiger partial charge < -0.3 is 9.32 Å². The van der Waals surface area contributed by atoms with Gasteiger partial charge in [0, 0.05) is 53.3 Å². The van der Waals surface area contributed by atoms with E-state index in [1.54, 1.807) is 0 Å². The minimum atomic E-state index is -0.146. The van der Waals surface area contributed by atoms with Gasteiger partial charge in [-0.25, -0.2) is 0 Å². The number of anilines is 3. The molecule has 60 heavy (non-hydrogen) atoms. The zero-order valence-corrected chi connectivity index (χ0v) is 34.1. The van der Waals surface area contributed by atoms with Crippen LogP contribution in [0.3, 0.4) is 0 Å². The zero-order chi connectivity index (χ0) is 40.0. The lowest BCUT2D eigenvalue weighted by molar-refractivity contribution is 0.660. The Bertz CT molecular complexity index is 3440. The lowest BCUT2D eigenvalue weighted by Crippen LogP contribution is -2.17. The molecule has 0 spiro atoms. The molecule has 1 aliphatic carbocycles. The van der Waals surface area contributed by atoms with Crippen molar-refractivity contribution >= 4 is 70.5 Å². The summed E-state index contributed by atoms with van der Waals surface area (Å²) < 4.78 is 8.88. The van der Waals surface area contributed by atoms with Gasteiger partial charge in [0.1, 0.15) is 11.2 Å². The molecule has 0 N–H and O–H groups in total. The molecule has 9 aromatic carbocycles. The van der Waals surface area contributed by atoms with Gasteiger partial charge in [-0.1, -0.05) is 159 Å². The van der Waals surface area contributed by atoms with Crippen molar-refractivity contribution in [1.82, 2.24) is 0 Å². The van der Waals surface area contributed by atoms with Gasteiger partial charge in [0.15, 0.2) is 0 Å². The van der Waals surface area contributed by atoms with Crippen molar-refractivity contribution in [3.8, 4) is 44.5 Å². The predicted molar refractivity (Wildman–Crippen MR) is 255 cm³/mol. The number of hydrogen-bond donors (Lipinski definition) is 0. The monoisotopic (exact) mass is 785 g/mol. The average molecular weight is 786 g/mol. The molecule has 0 amide bonds. The summed E-state index contributed by atoms with van der Waals surface area (Å²) in [5, 5.41) is 4.85. The van der Waals surface area contributed by atoms with E-state index in [9.17, 15) is 0 Å². The lowest BCUT2D eigenvalue weighted by atomic mass is 9.82. The van der Waals surface area contributed by atoms with E-state index in [1.807, 2.05) is 17.4 Å². The van der Waals surface area contributed by atoms with Gasteiger partial charge in [-0.15, -0.1) is 11.3 Å². The number of fused-ring (bicyclic) bond motifs is 9. The third-order valence-corrected chi connectivity index (χ3v) is 13.8. The molecular formula is C57H39NOS. The van der Waals surface area contributed by atoms with Gasteiger partial charge in [0.25, 0.3) is 0 Å². The van der Waals surface area contributed by atoms with Crippen molar-refractivity contribution in [3.63, 3.8) is 0 Å². The highest BCUT2D eigenvalue weighted by Crippen LogP contribution is 2.53. The Labute approximate surface area is 353 Å². The Balaban J connectivity index is 1.09. The van der Waals surface area contributed by atoms with Crippen molar-refractivity contribution < 1.29 is 4.42 Å². The van der Waals surface area contributed by atoms with Crippen molar-refractivity contribution in [1.29, 1.82) is 0 Å². The van der Waals surface area contributed by atoms with Crippen LogP contribution in [0.15, 0.2) is 205 Å². The van der Waals surface area contributed by atoms with Gasteiger partial charge >= 0.3 is 0 Å². The third-order valence-electron chi connectivity index (χ3n) is 12.7. The highest BCUT2D eigenvalue weighted by molar-refractivity contribution is 7.26. The van der Waals surface area contributed by atoms with Gasteiger partial charge in [0.05, 0.1) is 5.69 Å². The summed E-state index contributed by atoms with van der Waals surface area (Å²) in [6, 6.07) is 73.2. The van der Waals surface area contributed by atoms with E-state index in [-0.39, 0.29) is 5.41 Å². The Morgan fingerprint density at radius 2 is 1.05 bits per heavy atom. The van der Waals surface area contributed by atoms with Crippen LogP contribution in [0.4, 0.5) is 17.1 Å². The topological polar surface area (TPSA) is 16.4 Å². The van der Waals surface area contributed by atoms with Crippen LogP contribution in [-0.4, -0.2) is 0 Å². The number of benzene rings is 9. The summed E-state index contributed by atoms with van der Waals surface area (Å²) in [5.74, 6) is 0. The van der Waals surface area contributed by atoms with E-state index in [4.69, 9.17) is 4.42 Å². The summed E-state index contributed by atoms with van der Waals surface area (Å²) in [6.07, 6.45) is 0. The van der Waals surface area contributed by atoms with Gasteiger partial charge in [0.2, 0.25) is 0 Å². The van der Waals surface area contributed by atoms with E-state index in [0.717, 1.165) is 50.1 Å². The highest BCUT2D eigenvalue weighted by atomic mass is 32.1. The molecule has 0 unspecified atom stereocenters. The number of thiophene rings is 1. The molecule has 0 aliphatic heterocycles. The maximum Gasteiger partial charge on any atom is 0.136 e. The summed E-state index contributed by atoms with van der Waals surface area (Å²) in [5.41, 5.74) is 17.5. The fraction of sp³-hybridized carbons (Fsp3) is 0.0526. The maximum absolute atomic E-state index is 6.31. The molecule has 284 valence electrons. The largest absolute Gasteiger partial charge is 0.456 e. The first kappa shape index (κ1) is 34.8. The second-order valence-electron chi connectivity index (χ2n) is 16.4. The van der Waals surface area contributed by atoms with Crippen LogP contribution in [0, 0.1) is 0 Å². The Kier molecular flexibility index (Phi) is 7.79. The van der Waals surface area contributed by atoms with Gasteiger partial charge in [-0.3, -0.25) is 0 Å². The number of nitrogens with zero attached hydrogens (tertiary/aromatic N) is 1. The van der Waals surface area contributed by atoms with Crippen LogP contribution in [0.2, 0.25) is 0 Å². The second-order valence-corrected chi connectivity index (χ2v) is 17.5. The van der Waals surface area contributed by atoms with E-state index in [2.05, 4.69) is 213 Å². The Morgan fingerprint density at radius 1 is 0.417 bits per heavy atom. The summed E-state index contributed by atoms with van der Waals surface area (Å²) >= 11 is 1.87. The smallest absolute Gasteiger partial charge is 0.136 e. The van der Waals surface area contributed by atoms with Gasteiger partial charge in [-0.05, 0) is 105 Å². The van der Waals surface area contributed by atoms with Crippen LogP contribution in [0.5, 0.6) is 0 Å². The Hall–Kier alpha value is -7.20. The molecule has 1 aliphatic rings. The third kappa shape index (κ3) is 5.33. The molecule has 2 nitrogen and oxygen atoms in total. The van der Waals surface area contributed by atoms with E-state index in [1.165, 1.54) is 64.7 Å². The van der Waals surface area contributed by atoms with Crippen molar-refractivity contribution in [2.45, 2.75) is 19.3 Å². The van der Waals surface area contributed by atoms with Crippen molar-refractivity contribution in [2.24, 2.45) is 0 Å². The maximum atomic E-state index is 6.31. The predicted octanol–water partition coefficient (Wildman–Crippen LogP) is 16.7. The highest BCUT2D eigenvalue weighted by Gasteiger charge is 2.36. The van der Waals surface area contributed by atoms with E-state index in [0.29, 0.717) is 0 Å². The zero-order valence-electron chi connectivity index (χ0n) is 33.3. The first-order valence-electron chi connectivity index (χ1n) is 20.7. The summed E-state index contributed by atoms with van der Waals surface area (Å²) in [6.45, 7) is 4.73. The second kappa shape index (κ2) is 13.4. The number of furan rings is 1. The Morgan fingerprint density at radius 3 is 1.90 bits per heavy atom. The summed E-state index contributed by atoms with van der Waals surface area (Å²) in [4.78, 5) is 2.49. The molecule has 0 saturated heterocycles. The van der Waals surface area contributed by atoms with Crippen LogP contribution >= 0.6 is 11.3 Å².